The Balaban J connectivity index is 1.47. The summed E-state index contributed by atoms with van der Waals surface area (Å²) < 4.78 is 11.4. The van der Waals surface area contributed by atoms with Gasteiger partial charge in [-0.3, -0.25) is 0 Å². The highest BCUT2D eigenvalue weighted by Crippen LogP contribution is 2.34. The molecule has 0 aliphatic carbocycles. The number of aromatic nitrogens is 3. The van der Waals surface area contributed by atoms with Gasteiger partial charge in [0.15, 0.2) is 5.65 Å². The molecule has 2 saturated heterocycles. The fourth-order valence-corrected chi connectivity index (χ4v) is 4.09. The maximum absolute atomic E-state index is 12.3. The molecule has 2 aromatic rings. The number of piperidine rings is 1. The molecule has 4 heterocycles. The van der Waals surface area contributed by atoms with Gasteiger partial charge in [0.2, 0.25) is 0 Å². The summed E-state index contributed by atoms with van der Waals surface area (Å²) in [4.78, 5) is 26.8. The van der Waals surface area contributed by atoms with Gasteiger partial charge in [-0.05, 0) is 70.4 Å². The predicted octanol–water partition coefficient (Wildman–Crippen LogP) is 4.31. The Labute approximate surface area is 165 Å². The van der Waals surface area contributed by atoms with Crippen LogP contribution >= 0.6 is 0 Å². The van der Waals surface area contributed by atoms with E-state index in [1.165, 1.54) is 12.0 Å². The number of likely N-dealkylation sites (tertiary alicyclic amines) is 1. The van der Waals surface area contributed by atoms with Gasteiger partial charge in [-0.25, -0.2) is 14.8 Å². The minimum Gasteiger partial charge on any atom is -0.444 e. The Morgan fingerprint density at radius 3 is 2.71 bits per heavy atom. The second-order valence-electron chi connectivity index (χ2n) is 8.82. The Hall–Kier alpha value is -2.15. The summed E-state index contributed by atoms with van der Waals surface area (Å²) in [5, 5.41) is 0. The van der Waals surface area contributed by atoms with Crippen molar-refractivity contribution in [2.75, 3.05) is 19.7 Å². The Morgan fingerprint density at radius 1 is 1.25 bits per heavy atom. The number of carbonyl (C=O) groups is 1. The summed E-state index contributed by atoms with van der Waals surface area (Å²) in [5.74, 6) is 1.26. The van der Waals surface area contributed by atoms with Gasteiger partial charge in [0.1, 0.15) is 23.0 Å². The smallest absolute Gasteiger partial charge is 0.410 e. The van der Waals surface area contributed by atoms with Crippen LogP contribution in [-0.4, -0.2) is 51.2 Å². The Morgan fingerprint density at radius 2 is 2.04 bits per heavy atom. The van der Waals surface area contributed by atoms with Crippen molar-refractivity contribution in [3.05, 3.63) is 23.7 Å². The van der Waals surface area contributed by atoms with Gasteiger partial charge in [-0.1, -0.05) is 0 Å². The minimum absolute atomic E-state index is 0.0461. The number of imidazole rings is 1. The van der Waals surface area contributed by atoms with Crippen molar-refractivity contribution in [2.45, 2.75) is 70.5 Å². The van der Waals surface area contributed by atoms with Crippen molar-refractivity contribution in [2.24, 2.45) is 0 Å². The molecule has 1 amide bonds. The molecule has 2 aliphatic rings. The third-order valence-corrected chi connectivity index (χ3v) is 5.51. The Bertz CT molecular complexity index is 828. The molecule has 2 aliphatic heterocycles. The lowest BCUT2D eigenvalue weighted by atomic mass is 9.89. The van der Waals surface area contributed by atoms with Crippen molar-refractivity contribution in [3.63, 3.8) is 0 Å². The highest BCUT2D eigenvalue weighted by Gasteiger charge is 2.29. The van der Waals surface area contributed by atoms with Crippen LogP contribution in [0.25, 0.3) is 11.2 Å². The van der Waals surface area contributed by atoms with E-state index < -0.39 is 5.60 Å². The standard InChI is InChI=1S/C21H30N4O3/c1-21(2,3)28-20(26)25-11-8-14(9-12-25)15-7-10-22-19-17(15)23-18(24-19)16-6-4-5-13-27-16/h7,10,14,16H,4-6,8-9,11-13H2,1-3H3,(H,22,23,24)/t16-/m0/s1. The summed E-state index contributed by atoms with van der Waals surface area (Å²) in [6.07, 6.45) is 6.78. The molecular formula is C21H30N4O3. The first-order valence-electron chi connectivity index (χ1n) is 10.3. The molecule has 7 heteroatoms. The third-order valence-electron chi connectivity index (χ3n) is 5.51. The van der Waals surface area contributed by atoms with Gasteiger partial charge >= 0.3 is 6.09 Å². The second kappa shape index (κ2) is 7.70. The van der Waals surface area contributed by atoms with Crippen molar-refractivity contribution in [1.29, 1.82) is 0 Å². The number of ether oxygens (including phenoxy) is 2. The number of nitrogens with one attached hydrogen (secondary N) is 1. The maximum atomic E-state index is 12.3. The monoisotopic (exact) mass is 386 g/mol. The van der Waals surface area contributed by atoms with Crippen LogP contribution in [0.2, 0.25) is 0 Å². The topological polar surface area (TPSA) is 80.3 Å². The van der Waals surface area contributed by atoms with E-state index in [1.54, 1.807) is 0 Å². The zero-order valence-corrected chi connectivity index (χ0v) is 17.0. The number of pyridine rings is 1. The number of hydrogen-bond acceptors (Lipinski definition) is 5. The van der Waals surface area contributed by atoms with E-state index in [9.17, 15) is 4.79 Å². The molecule has 4 rings (SSSR count). The van der Waals surface area contributed by atoms with Crippen LogP contribution in [-0.2, 0) is 9.47 Å². The van der Waals surface area contributed by atoms with Crippen molar-refractivity contribution in [3.8, 4) is 0 Å². The fourth-order valence-electron chi connectivity index (χ4n) is 4.09. The fraction of sp³-hybridized carbons (Fsp3) is 0.667. The first-order chi connectivity index (χ1) is 13.4. The van der Waals surface area contributed by atoms with Crippen LogP contribution < -0.4 is 0 Å². The predicted molar refractivity (Wildman–Crippen MR) is 106 cm³/mol. The second-order valence-corrected chi connectivity index (χ2v) is 8.82. The number of H-pyrrole nitrogens is 1. The molecular weight excluding hydrogens is 356 g/mol. The maximum Gasteiger partial charge on any atom is 0.410 e. The first-order valence-corrected chi connectivity index (χ1v) is 10.3. The quantitative estimate of drug-likeness (QED) is 0.832. The summed E-state index contributed by atoms with van der Waals surface area (Å²) in [6, 6.07) is 2.07. The van der Waals surface area contributed by atoms with Gasteiger partial charge < -0.3 is 19.4 Å². The zero-order chi connectivity index (χ0) is 19.7. The highest BCUT2D eigenvalue weighted by molar-refractivity contribution is 5.75. The van der Waals surface area contributed by atoms with Gasteiger partial charge in [0.25, 0.3) is 0 Å². The number of nitrogens with zero attached hydrogens (tertiary/aromatic N) is 3. The molecule has 0 unspecified atom stereocenters. The van der Waals surface area contributed by atoms with Crippen molar-refractivity contribution in [1.82, 2.24) is 19.9 Å². The molecule has 0 radical (unpaired) electrons. The van der Waals surface area contributed by atoms with Crippen LogP contribution in [0, 0.1) is 0 Å². The molecule has 152 valence electrons. The van der Waals surface area contributed by atoms with E-state index >= 15 is 0 Å². The average Bonchev–Trinajstić information content (AvgIpc) is 3.12. The number of amides is 1. The van der Waals surface area contributed by atoms with Gasteiger partial charge in [0, 0.05) is 25.9 Å². The summed E-state index contributed by atoms with van der Waals surface area (Å²) >= 11 is 0. The van der Waals surface area contributed by atoms with E-state index in [1.807, 2.05) is 31.9 Å². The molecule has 1 N–H and O–H groups in total. The lowest BCUT2D eigenvalue weighted by Gasteiger charge is -2.33. The number of carbonyl (C=O) groups excluding carboxylic acids is 1. The molecule has 0 aromatic carbocycles. The average molecular weight is 386 g/mol. The lowest BCUT2D eigenvalue weighted by molar-refractivity contribution is 0.0101. The molecule has 28 heavy (non-hydrogen) atoms. The van der Waals surface area contributed by atoms with Crippen LogP contribution in [0.1, 0.15) is 76.3 Å². The largest absolute Gasteiger partial charge is 0.444 e. The summed E-state index contributed by atoms with van der Waals surface area (Å²) in [6.45, 7) is 7.90. The number of rotatable bonds is 2. The van der Waals surface area contributed by atoms with E-state index in [2.05, 4.69) is 16.0 Å². The normalized spacial score (nSPS) is 21.8. The molecule has 0 saturated carbocycles. The van der Waals surface area contributed by atoms with Crippen LogP contribution in [0.4, 0.5) is 4.79 Å². The molecule has 2 aromatic heterocycles. The first kappa shape index (κ1) is 19.2. The molecule has 0 spiro atoms. The van der Waals surface area contributed by atoms with E-state index in [-0.39, 0.29) is 12.2 Å². The molecule has 1 atom stereocenters. The SMILES string of the molecule is CC(C)(C)OC(=O)N1CCC(c2ccnc3[nH]c([C@@H]4CCCCO4)nc23)CC1. The van der Waals surface area contributed by atoms with E-state index in [4.69, 9.17) is 14.5 Å². The summed E-state index contributed by atoms with van der Waals surface area (Å²) in [5.41, 5.74) is 2.53. The highest BCUT2D eigenvalue weighted by atomic mass is 16.6. The third kappa shape index (κ3) is 4.14. The van der Waals surface area contributed by atoms with Gasteiger partial charge in [-0.15, -0.1) is 0 Å². The van der Waals surface area contributed by atoms with Crippen LogP contribution in [0.15, 0.2) is 12.3 Å². The molecule has 2 fully saturated rings. The van der Waals surface area contributed by atoms with Crippen molar-refractivity contribution >= 4 is 17.3 Å². The number of aromatic amines is 1. The molecule has 0 bridgehead atoms. The van der Waals surface area contributed by atoms with Gasteiger partial charge in [-0.2, -0.15) is 0 Å². The van der Waals surface area contributed by atoms with E-state index in [0.717, 1.165) is 49.3 Å². The Kier molecular flexibility index (Phi) is 5.27. The lowest BCUT2D eigenvalue weighted by Crippen LogP contribution is -2.41. The number of hydrogen-bond donors (Lipinski definition) is 1. The van der Waals surface area contributed by atoms with Crippen LogP contribution in [0.3, 0.4) is 0 Å². The van der Waals surface area contributed by atoms with Gasteiger partial charge in [0.05, 0.1) is 0 Å². The summed E-state index contributed by atoms with van der Waals surface area (Å²) in [7, 11) is 0. The zero-order valence-electron chi connectivity index (χ0n) is 17.0. The van der Waals surface area contributed by atoms with Crippen molar-refractivity contribution < 1.29 is 14.3 Å². The minimum atomic E-state index is -0.460. The molecule has 7 nitrogen and oxygen atoms in total. The number of fused-ring (bicyclic) bond motifs is 1. The van der Waals surface area contributed by atoms with Crippen LogP contribution in [0.5, 0.6) is 0 Å². The van der Waals surface area contributed by atoms with E-state index in [0.29, 0.717) is 19.0 Å².